The van der Waals surface area contributed by atoms with Crippen molar-refractivity contribution < 1.29 is 9.26 Å². The molecule has 1 aliphatic heterocycles. The zero-order chi connectivity index (χ0) is 23.7. The van der Waals surface area contributed by atoms with E-state index in [1.165, 1.54) is 44.3 Å². The molecule has 1 saturated carbocycles. The van der Waals surface area contributed by atoms with Crippen molar-refractivity contribution in [2.45, 2.75) is 65.7 Å². The van der Waals surface area contributed by atoms with Gasteiger partial charge in [-0.2, -0.15) is 4.98 Å². The van der Waals surface area contributed by atoms with E-state index < -0.39 is 0 Å². The number of hydrogen-bond donors (Lipinski definition) is 0. The quantitative estimate of drug-likeness (QED) is 0.413. The standard InChI is InChI=1S/C28H36N4O2/c1-5-21-14-23(12-19(3)26(21)33-11-10-32-16-18(2)17-32)27-30-28(34-31-27)24-13-20(4)29-25(15-24)22-8-6-7-9-22/h12-15,18,22H,5-11,16-17H2,1-4H3. The second-order valence-corrected chi connectivity index (χ2v) is 10.2. The SMILES string of the molecule is CCc1cc(-c2noc(-c3cc(C)nc(C4CCCC4)c3)n2)cc(C)c1OCCN1CC(C)C1. The molecule has 34 heavy (non-hydrogen) atoms. The number of hydrogen-bond acceptors (Lipinski definition) is 6. The highest BCUT2D eigenvalue weighted by Gasteiger charge is 2.23. The van der Waals surface area contributed by atoms with Crippen LogP contribution < -0.4 is 4.74 Å². The van der Waals surface area contributed by atoms with E-state index in [0.29, 0.717) is 17.6 Å². The predicted molar refractivity (Wildman–Crippen MR) is 134 cm³/mol. The molecule has 2 fully saturated rings. The van der Waals surface area contributed by atoms with Gasteiger partial charge in [0.2, 0.25) is 5.82 Å². The van der Waals surface area contributed by atoms with Crippen LogP contribution in [-0.4, -0.2) is 46.3 Å². The molecular formula is C28H36N4O2. The van der Waals surface area contributed by atoms with Gasteiger partial charge in [-0.25, -0.2) is 0 Å². The maximum atomic E-state index is 6.23. The van der Waals surface area contributed by atoms with Gasteiger partial charge in [-0.1, -0.05) is 31.8 Å². The van der Waals surface area contributed by atoms with Crippen LogP contribution >= 0.6 is 0 Å². The highest BCUT2D eigenvalue weighted by atomic mass is 16.5. The minimum absolute atomic E-state index is 0.549. The Hall–Kier alpha value is -2.73. The first-order valence-corrected chi connectivity index (χ1v) is 12.8. The molecule has 0 unspecified atom stereocenters. The van der Waals surface area contributed by atoms with E-state index in [-0.39, 0.29) is 0 Å². The molecule has 1 saturated heterocycles. The van der Waals surface area contributed by atoms with Crippen molar-refractivity contribution in [3.8, 4) is 28.6 Å². The summed E-state index contributed by atoms with van der Waals surface area (Å²) in [5.41, 5.74) is 6.38. The van der Waals surface area contributed by atoms with Gasteiger partial charge < -0.3 is 9.26 Å². The number of benzene rings is 1. The van der Waals surface area contributed by atoms with Crippen LogP contribution in [0.1, 0.15) is 68.0 Å². The maximum Gasteiger partial charge on any atom is 0.258 e. The third kappa shape index (κ3) is 4.88. The van der Waals surface area contributed by atoms with Gasteiger partial charge >= 0.3 is 0 Å². The second-order valence-electron chi connectivity index (χ2n) is 10.2. The van der Waals surface area contributed by atoms with Crippen molar-refractivity contribution in [1.82, 2.24) is 20.0 Å². The summed E-state index contributed by atoms with van der Waals surface area (Å²) in [5.74, 6) is 3.53. The van der Waals surface area contributed by atoms with Crippen molar-refractivity contribution in [1.29, 1.82) is 0 Å². The average molecular weight is 461 g/mol. The Bertz CT molecular complexity index is 1140. The van der Waals surface area contributed by atoms with Crippen LogP contribution in [-0.2, 0) is 6.42 Å². The molecule has 0 N–H and O–H groups in total. The second kappa shape index (κ2) is 9.87. The van der Waals surface area contributed by atoms with E-state index in [9.17, 15) is 0 Å². The largest absolute Gasteiger partial charge is 0.492 e. The molecule has 1 aliphatic carbocycles. The van der Waals surface area contributed by atoms with Crippen molar-refractivity contribution >= 4 is 0 Å². The van der Waals surface area contributed by atoms with Crippen LogP contribution in [0.4, 0.5) is 0 Å². The third-order valence-electron chi connectivity index (χ3n) is 7.20. The van der Waals surface area contributed by atoms with Crippen LogP contribution in [0.15, 0.2) is 28.8 Å². The Morgan fingerprint density at radius 3 is 2.56 bits per heavy atom. The van der Waals surface area contributed by atoms with E-state index in [2.05, 4.69) is 49.0 Å². The maximum absolute atomic E-state index is 6.23. The molecule has 180 valence electrons. The van der Waals surface area contributed by atoms with E-state index >= 15 is 0 Å². The fourth-order valence-corrected chi connectivity index (χ4v) is 5.44. The predicted octanol–water partition coefficient (Wildman–Crippen LogP) is 5.97. The first kappa shape index (κ1) is 23.0. The first-order chi connectivity index (χ1) is 16.5. The van der Waals surface area contributed by atoms with Gasteiger partial charge in [0.25, 0.3) is 5.89 Å². The number of pyridine rings is 1. The molecule has 0 atom stereocenters. The Labute approximate surface area is 202 Å². The highest BCUT2D eigenvalue weighted by Crippen LogP contribution is 2.35. The van der Waals surface area contributed by atoms with Gasteiger partial charge in [-0.15, -0.1) is 0 Å². The van der Waals surface area contributed by atoms with Crippen LogP contribution in [0, 0.1) is 19.8 Å². The molecule has 6 heteroatoms. The molecule has 5 rings (SSSR count). The molecule has 3 aromatic rings. The van der Waals surface area contributed by atoms with Crippen molar-refractivity contribution in [2.75, 3.05) is 26.2 Å². The Morgan fingerprint density at radius 1 is 1.03 bits per heavy atom. The monoisotopic (exact) mass is 460 g/mol. The Balaban J connectivity index is 1.35. The fourth-order valence-electron chi connectivity index (χ4n) is 5.44. The molecule has 2 aromatic heterocycles. The van der Waals surface area contributed by atoms with Crippen molar-refractivity contribution in [2.24, 2.45) is 5.92 Å². The molecule has 0 radical (unpaired) electrons. The number of aryl methyl sites for hydroxylation is 3. The fraction of sp³-hybridized carbons (Fsp3) is 0.536. The van der Waals surface area contributed by atoms with E-state index in [1.807, 2.05) is 13.0 Å². The molecule has 3 heterocycles. The highest BCUT2D eigenvalue weighted by molar-refractivity contribution is 5.64. The molecule has 6 nitrogen and oxygen atoms in total. The minimum Gasteiger partial charge on any atom is -0.492 e. The van der Waals surface area contributed by atoms with Gasteiger partial charge in [-0.3, -0.25) is 9.88 Å². The number of nitrogens with zero attached hydrogens (tertiary/aromatic N) is 4. The lowest BCUT2D eigenvalue weighted by Crippen LogP contribution is -2.46. The zero-order valence-electron chi connectivity index (χ0n) is 20.9. The third-order valence-corrected chi connectivity index (χ3v) is 7.20. The van der Waals surface area contributed by atoms with Crippen molar-refractivity contribution in [3.63, 3.8) is 0 Å². The number of rotatable bonds is 8. The van der Waals surface area contributed by atoms with Gasteiger partial charge in [-0.05, 0) is 74.4 Å². The normalized spacial score (nSPS) is 17.3. The van der Waals surface area contributed by atoms with Gasteiger partial charge in [0.05, 0.1) is 0 Å². The molecule has 2 aliphatic rings. The summed E-state index contributed by atoms with van der Waals surface area (Å²) in [5, 5.41) is 4.32. The average Bonchev–Trinajstić information content (AvgIpc) is 3.51. The van der Waals surface area contributed by atoms with E-state index in [4.69, 9.17) is 19.2 Å². The minimum atomic E-state index is 0.549. The summed E-state index contributed by atoms with van der Waals surface area (Å²) in [6.45, 7) is 12.7. The summed E-state index contributed by atoms with van der Waals surface area (Å²) in [4.78, 5) is 12.0. The van der Waals surface area contributed by atoms with E-state index in [0.717, 1.165) is 59.3 Å². The number of ether oxygens (including phenoxy) is 1. The lowest BCUT2D eigenvalue weighted by atomic mass is 10.0. The summed E-state index contributed by atoms with van der Waals surface area (Å²) >= 11 is 0. The lowest BCUT2D eigenvalue weighted by Gasteiger charge is -2.37. The number of aromatic nitrogens is 3. The van der Waals surface area contributed by atoms with Crippen molar-refractivity contribution in [3.05, 3.63) is 46.8 Å². The molecule has 1 aromatic carbocycles. The van der Waals surface area contributed by atoms with Gasteiger partial charge in [0.1, 0.15) is 12.4 Å². The molecule has 0 amide bonds. The zero-order valence-corrected chi connectivity index (χ0v) is 20.9. The van der Waals surface area contributed by atoms with Crippen LogP contribution in [0.25, 0.3) is 22.8 Å². The Kier molecular flexibility index (Phi) is 6.68. The topological polar surface area (TPSA) is 64.3 Å². The summed E-state index contributed by atoms with van der Waals surface area (Å²) in [6.07, 6.45) is 5.90. The smallest absolute Gasteiger partial charge is 0.258 e. The van der Waals surface area contributed by atoms with Crippen LogP contribution in [0.5, 0.6) is 5.75 Å². The van der Waals surface area contributed by atoms with Crippen LogP contribution in [0.2, 0.25) is 0 Å². The first-order valence-electron chi connectivity index (χ1n) is 12.8. The summed E-state index contributed by atoms with van der Waals surface area (Å²) in [6, 6.07) is 8.42. The van der Waals surface area contributed by atoms with Crippen LogP contribution in [0.3, 0.4) is 0 Å². The summed E-state index contributed by atoms with van der Waals surface area (Å²) in [7, 11) is 0. The summed E-state index contributed by atoms with van der Waals surface area (Å²) < 4.78 is 11.9. The van der Waals surface area contributed by atoms with Gasteiger partial charge in [0, 0.05) is 48.1 Å². The molecule has 0 bridgehead atoms. The molecule has 0 spiro atoms. The Morgan fingerprint density at radius 2 is 1.82 bits per heavy atom. The van der Waals surface area contributed by atoms with E-state index in [1.54, 1.807) is 0 Å². The lowest BCUT2D eigenvalue weighted by molar-refractivity contribution is 0.0928. The van der Waals surface area contributed by atoms with Gasteiger partial charge in [0.15, 0.2) is 0 Å². The number of likely N-dealkylation sites (tertiary alicyclic amines) is 1. The molecular weight excluding hydrogens is 424 g/mol.